The summed E-state index contributed by atoms with van der Waals surface area (Å²) < 4.78 is 0. The number of hydrogen-bond acceptors (Lipinski definition) is 1. The Morgan fingerprint density at radius 1 is 1.12 bits per heavy atom. The Kier molecular flexibility index (Phi) is 2.95. The van der Waals surface area contributed by atoms with Gasteiger partial charge in [-0.15, -0.1) is 0 Å². The minimum Gasteiger partial charge on any atom is -0.253 e. The molecule has 84 valence electrons. The molecular formula is C15H19N. The van der Waals surface area contributed by atoms with Crippen LogP contribution >= 0.6 is 0 Å². The summed E-state index contributed by atoms with van der Waals surface area (Å²) in [6.07, 6.45) is 1.13. The molecule has 0 aliphatic carbocycles. The number of aromatic nitrogens is 1. The van der Waals surface area contributed by atoms with Gasteiger partial charge in [0.05, 0.1) is 5.52 Å². The normalized spacial score (nSPS) is 11.3. The van der Waals surface area contributed by atoms with Crippen LogP contribution in [0.2, 0.25) is 0 Å². The molecule has 0 spiro atoms. The Morgan fingerprint density at radius 2 is 1.81 bits per heavy atom. The second-order valence-corrected chi connectivity index (χ2v) is 4.92. The van der Waals surface area contributed by atoms with Crippen LogP contribution < -0.4 is 0 Å². The van der Waals surface area contributed by atoms with Crippen LogP contribution in [0.3, 0.4) is 0 Å². The molecule has 0 saturated carbocycles. The van der Waals surface area contributed by atoms with Crippen molar-refractivity contribution >= 4 is 10.9 Å². The Balaban J connectivity index is 2.71. The molecule has 0 aliphatic heterocycles. The lowest BCUT2D eigenvalue weighted by atomic mass is 9.94. The Morgan fingerprint density at radius 3 is 2.50 bits per heavy atom. The molecule has 0 atom stereocenters. The molecule has 1 nitrogen and oxygen atoms in total. The summed E-state index contributed by atoms with van der Waals surface area (Å²) in [6, 6.07) is 8.45. The fraction of sp³-hybridized carbons (Fsp3) is 0.400. The fourth-order valence-electron chi connectivity index (χ4n) is 2.18. The van der Waals surface area contributed by atoms with Crippen LogP contribution in [0.5, 0.6) is 0 Å². The Labute approximate surface area is 97.5 Å². The highest BCUT2D eigenvalue weighted by molar-refractivity contribution is 5.83. The number of benzene rings is 1. The number of hydrogen-bond donors (Lipinski definition) is 0. The topological polar surface area (TPSA) is 12.9 Å². The van der Waals surface area contributed by atoms with Gasteiger partial charge < -0.3 is 0 Å². The summed E-state index contributed by atoms with van der Waals surface area (Å²) in [5.74, 6) is 0.684. The maximum Gasteiger partial charge on any atom is 0.0708 e. The van der Waals surface area contributed by atoms with Crippen LogP contribution in [0, 0.1) is 19.8 Å². The van der Waals surface area contributed by atoms with Gasteiger partial charge in [0.25, 0.3) is 0 Å². The molecule has 0 bridgehead atoms. The van der Waals surface area contributed by atoms with Crippen molar-refractivity contribution in [2.75, 3.05) is 0 Å². The third-order valence-electron chi connectivity index (χ3n) is 3.13. The lowest BCUT2D eigenvalue weighted by Crippen LogP contribution is -2.02. The number of aryl methyl sites for hydroxylation is 1. The first kappa shape index (κ1) is 11.1. The molecular weight excluding hydrogens is 194 g/mol. The second kappa shape index (κ2) is 4.25. The highest BCUT2D eigenvalue weighted by Gasteiger charge is 2.09. The Hall–Kier alpha value is -1.37. The molecule has 0 unspecified atom stereocenters. The summed E-state index contributed by atoms with van der Waals surface area (Å²) in [4.78, 5) is 4.64. The van der Waals surface area contributed by atoms with Gasteiger partial charge in [-0.05, 0) is 43.4 Å². The highest BCUT2D eigenvalue weighted by Crippen LogP contribution is 2.24. The second-order valence-electron chi connectivity index (χ2n) is 4.92. The predicted octanol–water partition coefficient (Wildman–Crippen LogP) is 4.05. The van der Waals surface area contributed by atoms with E-state index < -0.39 is 0 Å². The number of para-hydroxylation sites is 1. The van der Waals surface area contributed by atoms with Crippen molar-refractivity contribution in [1.29, 1.82) is 0 Å². The fourth-order valence-corrected chi connectivity index (χ4v) is 2.18. The zero-order valence-electron chi connectivity index (χ0n) is 10.5. The molecule has 2 aromatic rings. The molecule has 1 aromatic heterocycles. The Bertz CT molecular complexity index is 512. The number of fused-ring (bicyclic) bond motifs is 1. The summed E-state index contributed by atoms with van der Waals surface area (Å²) in [7, 11) is 0. The monoisotopic (exact) mass is 213 g/mol. The molecule has 1 aromatic carbocycles. The van der Waals surface area contributed by atoms with Crippen molar-refractivity contribution in [1.82, 2.24) is 4.98 Å². The first-order chi connectivity index (χ1) is 7.59. The molecule has 16 heavy (non-hydrogen) atoms. The maximum atomic E-state index is 4.64. The van der Waals surface area contributed by atoms with Crippen LogP contribution in [0.1, 0.15) is 30.7 Å². The molecule has 0 saturated heterocycles. The zero-order valence-corrected chi connectivity index (χ0v) is 10.5. The quantitative estimate of drug-likeness (QED) is 0.733. The minimum atomic E-state index is 0.684. The number of nitrogens with zero attached hydrogens (tertiary/aromatic N) is 1. The molecule has 0 amide bonds. The molecule has 0 N–H and O–H groups in total. The largest absolute Gasteiger partial charge is 0.253 e. The van der Waals surface area contributed by atoms with E-state index in [1.54, 1.807) is 0 Å². The van der Waals surface area contributed by atoms with Crippen molar-refractivity contribution in [3.05, 3.63) is 41.1 Å². The van der Waals surface area contributed by atoms with Gasteiger partial charge in [-0.2, -0.15) is 0 Å². The van der Waals surface area contributed by atoms with Crippen LogP contribution in [0.4, 0.5) is 0 Å². The lowest BCUT2D eigenvalue weighted by Gasteiger charge is -2.14. The van der Waals surface area contributed by atoms with E-state index in [1.807, 2.05) is 0 Å². The number of pyridine rings is 1. The van der Waals surface area contributed by atoms with E-state index in [0.717, 1.165) is 17.6 Å². The maximum absolute atomic E-state index is 4.64. The predicted molar refractivity (Wildman–Crippen MR) is 69.8 cm³/mol. The van der Waals surface area contributed by atoms with Crippen molar-refractivity contribution in [2.24, 2.45) is 5.92 Å². The summed E-state index contributed by atoms with van der Waals surface area (Å²) in [5.41, 5.74) is 5.11. The van der Waals surface area contributed by atoms with Gasteiger partial charge in [0.2, 0.25) is 0 Å². The van der Waals surface area contributed by atoms with Gasteiger partial charge in [0, 0.05) is 11.1 Å². The van der Waals surface area contributed by atoms with E-state index >= 15 is 0 Å². The first-order valence-electron chi connectivity index (χ1n) is 5.94. The third-order valence-corrected chi connectivity index (χ3v) is 3.13. The van der Waals surface area contributed by atoms with Crippen molar-refractivity contribution in [2.45, 2.75) is 34.1 Å². The molecule has 0 fully saturated rings. The molecule has 0 radical (unpaired) electrons. The lowest BCUT2D eigenvalue weighted by molar-refractivity contribution is 0.647. The summed E-state index contributed by atoms with van der Waals surface area (Å²) >= 11 is 0. The standard InChI is InChI=1S/C15H19N/c1-10(2)9-14-11(3)12(4)16-15-8-6-5-7-13(14)15/h5-8,10H,9H2,1-4H3. The van der Waals surface area contributed by atoms with Gasteiger partial charge in [0.1, 0.15) is 0 Å². The van der Waals surface area contributed by atoms with Crippen LogP contribution in [0.25, 0.3) is 10.9 Å². The number of rotatable bonds is 2. The van der Waals surface area contributed by atoms with Crippen molar-refractivity contribution < 1.29 is 0 Å². The van der Waals surface area contributed by atoms with E-state index in [1.165, 1.54) is 16.5 Å². The average Bonchev–Trinajstić information content (AvgIpc) is 2.24. The van der Waals surface area contributed by atoms with Crippen molar-refractivity contribution in [3.8, 4) is 0 Å². The van der Waals surface area contributed by atoms with Gasteiger partial charge in [0.15, 0.2) is 0 Å². The van der Waals surface area contributed by atoms with E-state index in [0.29, 0.717) is 5.92 Å². The van der Waals surface area contributed by atoms with Gasteiger partial charge in [-0.25, -0.2) is 0 Å². The van der Waals surface area contributed by atoms with E-state index in [2.05, 4.69) is 56.9 Å². The molecule has 0 aliphatic rings. The highest BCUT2D eigenvalue weighted by atomic mass is 14.7. The zero-order chi connectivity index (χ0) is 11.7. The average molecular weight is 213 g/mol. The SMILES string of the molecule is Cc1nc2ccccc2c(CC(C)C)c1C. The van der Waals surface area contributed by atoms with Crippen molar-refractivity contribution in [3.63, 3.8) is 0 Å². The minimum absolute atomic E-state index is 0.684. The first-order valence-corrected chi connectivity index (χ1v) is 5.94. The van der Waals surface area contributed by atoms with Crippen LogP contribution in [0.15, 0.2) is 24.3 Å². The summed E-state index contributed by atoms with van der Waals surface area (Å²) in [5, 5.41) is 1.32. The van der Waals surface area contributed by atoms with E-state index in [-0.39, 0.29) is 0 Å². The third kappa shape index (κ3) is 1.95. The molecule has 1 heteroatoms. The van der Waals surface area contributed by atoms with Gasteiger partial charge in [-0.3, -0.25) is 4.98 Å². The van der Waals surface area contributed by atoms with Crippen LogP contribution in [-0.2, 0) is 6.42 Å². The van der Waals surface area contributed by atoms with Gasteiger partial charge >= 0.3 is 0 Å². The summed E-state index contributed by atoms with van der Waals surface area (Å²) in [6.45, 7) is 8.83. The van der Waals surface area contributed by atoms with E-state index in [4.69, 9.17) is 0 Å². The smallest absolute Gasteiger partial charge is 0.0708 e. The van der Waals surface area contributed by atoms with Crippen LogP contribution in [-0.4, -0.2) is 4.98 Å². The van der Waals surface area contributed by atoms with E-state index in [9.17, 15) is 0 Å². The molecule has 2 rings (SSSR count). The molecule has 1 heterocycles. The van der Waals surface area contributed by atoms with Gasteiger partial charge in [-0.1, -0.05) is 32.0 Å².